The van der Waals surface area contributed by atoms with Crippen LogP contribution in [0.5, 0.6) is 0 Å². The molecule has 296 valence electrons. The number of carbonyl (C=O) groups is 4. The normalized spacial score (nSPS) is 19.3. The van der Waals surface area contributed by atoms with E-state index in [1.165, 1.54) is 0 Å². The number of rotatable bonds is 22. The second-order valence-corrected chi connectivity index (χ2v) is 17.1. The summed E-state index contributed by atoms with van der Waals surface area (Å²) in [5.74, 6) is -1.38. The van der Waals surface area contributed by atoms with Gasteiger partial charge in [-0.3, -0.25) is 19.2 Å². The van der Waals surface area contributed by atoms with E-state index >= 15 is 0 Å². The van der Waals surface area contributed by atoms with E-state index in [0.29, 0.717) is 25.8 Å². The van der Waals surface area contributed by atoms with Crippen LogP contribution in [0.4, 0.5) is 0 Å². The molecule has 10 heteroatoms. The van der Waals surface area contributed by atoms with Crippen molar-refractivity contribution in [3.8, 4) is 0 Å². The zero-order valence-corrected chi connectivity index (χ0v) is 34.8. The predicted octanol–water partition coefficient (Wildman–Crippen LogP) is 7.47. The first-order chi connectivity index (χ1) is 25.2. The van der Waals surface area contributed by atoms with Crippen molar-refractivity contribution in [1.82, 2.24) is 14.8 Å². The molecular weight excluding hydrogens is 687 g/mol. The van der Waals surface area contributed by atoms with Gasteiger partial charge in [-0.1, -0.05) is 92.1 Å². The number of nitrogens with zero attached hydrogens (tertiary/aromatic N) is 3. The SMILES string of the molecule is CC[C@H](C)[C@@H]([C@@H](CC(=O)N1CCC[C@H]1[C@H](CO)[C@@H](C)C(=O)CC(Cc1ccccc1)c1nccs1)OC)N(C)C(=O)[C@@H](CC(=O)[C@@H](C)C(C)C)C(C)C. The molecule has 1 aromatic heterocycles. The fourth-order valence-electron chi connectivity index (χ4n) is 8.07. The van der Waals surface area contributed by atoms with Crippen LogP contribution in [0, 0.1) is 41.4 Å². The number of likely N-dealkylation sites (N-methyl/N-ethyl adjacent to an activating group) is 1. The highest BCUT2D eigenvalue weighted by molar-refractivity contribution is 7.09. The zero-order chi connectivity index (χ0) is 39.4. The molecule has 2 aromatic rings. The minimum absolute atomic E-state index is 0.0266. The van der Waals surface area contributed by atoms with E-state index in [1.807, 2.05) is 70.0 Å². The monoisotopic (exact) mass is 753 g/mol. The highest BCUT2D eigenvalue weighted by atomic mass is 32.1. The van der Waals surface area contributed by atoms with Gasteiger partial charge in [-0.25, -0.2) is 4.98 Å². The number of ether oxygens (including phenoxy) is 1. The number of amides is 2. The lowest BCUT2D eigenvalue weighted by Crippen LogP contribution is -2.53. The third kappa shape index (κ3) is 11.8. The maximum absolute atomic E-state index is 14.2. The van der Waals surface area contributed by atoms with Crippen molar-refractivity contribution < 1.29 is 29.0 Å². The van der Waals surface area contributed by atoms with Crippen molar-refractivity contribution in [1.29, 1.82) is 0 Å². The molecule has 3 rings (SSSR count). The summed E-state index contributed by atoms with van der Waals surface area (Å²) in [7, 11) is 3.37. The second-order valence-electron chi connectivity index (χ2n) is 16.2. The average molecular weight is 754 g/mol. The minimum atomic E-state index is -0.575. The largest absolute Gasteiger partial charge is 0.396 e. The highest BCUT2D eigenvalue weighted by Gasteiger charge is 2.42. The van der Waals surface area contributed by atoms with Gasteiger partial charge in [0, 0.05) is 87.4 Å². The topological polar surface area (TPSA) is 117 Å². The van der Waals surface area contributed by atoms with Crippen molar-refractivity contribution in [2.75, 3.05) is 27.3 Å². The van der Waals surface area contributed by atoms with Gasteiger partial charge in [0.15, 0.2) is 0 Å². The Labute approximate surface area is 323 Å². The van der Waals surface area contributed by atoms with E-state index in [1.54, 1.807) is 36.6 Å². The van der Waals surface area contributed by atoms with Gasteiger partial charge in [0.1, 0.15) is 11.6 Å². The lowest BCUT2D eigenvalue weighted by Gasteiger charge is -2.41. The van der Waals surface area contributed by atoms with Gasteiger partial charge in [-0.2, -0.15) is 0 Å². The van der Waals surface area contributed by atoms with Crippen molar-refractivity contribution in [2.24, 2.45) is 41.4 Å². The van der Waals surface area contributed by atoms with Crippen LogP contribution in [0.2, 0.25) is 0 Å². The maximum Gasteiger partial charge on any atom is 0.226 e. The predicted molar refractivity (Wildman–Crippen MR) is 212 cm³/mol. The van der Waals surface area contributed by atoms with Crippen LogP contribution in [-0.2, 0) is 30.3 Å². The van der Waals surface area contributed by atoms with Crippen LogP contribution in [-0.4, -0.2) is 88.8 Å². The number of ketones is 2. The van der Waals surface area contributed by atoms with E-state index in [2.05, 4.69) is 31.0 Å². The standard InChI is InChI=1S/C43H67N3O6S/c1-11-29(6)41(45(9)43(51)34(28(4)5)24-38(49)30(7)27(2)3)39(52-10)25-40(50)46-20-15-18-36(46)35(26-47)31(8)37(48)23-33(42-44-19-21-53-42)22-32-16-13-12-14-17-32/h12-14,16-17,19,21,27-31,33-36,39,41,47H,11,15,18,20,22-26H2,1-10H3/t29-,30-,31+,33?,34-,35+,36-,39+,41-/m0/s1. The molecule has 1 fully saturated rings. The first-order valence-electron chi connectivity index (χ1n) is 19.8. The van der Waals surface area contributed by atoms with Crippen LogP contribution in [0.1, 0.15) is 110 Å². The van der Waals surface area contributed by atoms with Gasteiger partial charge in [-0.05, 0) is 42.6 Å². The number of carbonyl (C=O) groups excluding carboxylic acids is 4. The van der Waals surface area contributed by atoms with Gasteiger partial charge in [0.2, 0.25) is 11.8 Å². The number of aliphatic hydroxyl groups is 1. The number of aromatic nitrogens is 1. The summed E-state index contributed by atoms with van der Waals surface area (Å²) >= 11 is 1.56. The van der Waals surface area contributed by atoms with Crippen LogP contribution in [0.25, 0.3) is 0 Å². The molecule has 1 aliphatic heterocycles. The Bertz CT molecular complexity index is 1430. The molecule has 0 radical (unpaired) electrons. The molecule has 2 amide bonds. The fraction of sp³-hybridized carbons (Fsp3) is 0.698. The molecule has 53 heavy (non-hydrogen) atoms. The molecule has 1 N–H and O–H groups in total. The second kappa shape index (κ2) is 21.2. The molecule has 1 aliphatic rings. The summed E-state index contributed by atoms with van der Waals surface area (Å²) < 4.78 is 6.05. The van der Waals surface area contributed by atoms with Gasteiger partial charge in [-0.15, -0.1) is 11.3 Å². The molecule has 1 aromatic carbocycles. The van der Waals surface area contributed by atoms with E-state index in [9.17, 15) is 24.3 Å². The number of benzene rings is 1. The molecule has 0 aliphatic carbocycles. The zero-order valence-electron chi connectivity index (χ0n) is 34.0. The Balaban J connectivity index is 1.78. The molecule has 0 saturated carbocycles. The number of likely N-dealkylation sites (tertiary alicyclic amines) is 1. The van der Waals surface area contributed by atoms with Gasteiger partial charge in [0.05, 0.1) is 23.6 Å². The Morgan fingerprint density at radius 1 is 0.962 bits per heavy atom. The lowest BCUT2D eigenvalue weighted by atomic mass is 9.80. The molecule has 2 heterocycles. The van der Waals surface area contributed by atoms with Crippen LogP contribution >= 0.6 is 11.3 Å². The molecule has 9 atom stereocenters. The first kappa shape index (κ1) is 44.4. The van der Waals surface area contributed by atoms with E-state index in [4.69, 9.17) is 4.74 Å². The lowest BCUT2D eigenvalue weighted by molar-refractivity contribution is -0.148. The summed E-state index contributed by atoms with van der Waals surface area (Å²) in [5.41, 5.74) is 1.14. The van der Waals surface area contributed by atoms with Gasteiger partial charge in [0.25, 0.3) is 0 Å². The van der Waals surface area contributed by atoms with Crippen LogP contribution < -0.4 is 0 Å². The van der Waals surface area contributed by atoms with Crippen molar-refractivity contribution in [3.05, 3.63) is 52.5 Å². The average Bonchev–Trinajstić information content (AvgIpc) is 3.86. The summed E-state index contributed by atoms with van der Waals surface area (Å²) in [4.78, 5) is 63.7. The number of methoxy groups -OCH3 is 1. The highest BCUT2D eigenvalue weighted by Crippen LogP contribution is 2.35. The Kier molecular flexibility index (Phi) is 17.8. The maximum atomic E-state index is 14.2. The summed E-state index contributed by atoms with van der Waals surface area (Å²) in [6, 6.07) is 9.45. The van der Waals surface area contributed by atoms with Crippen LogP contribution in [0.15, 0.2) is 41.9 Å². The molecule has 0 spiro atoms. The minimum Gasteiger partial charge on any atom is -0.396 e. The van der Waals surface area contributed by atoms with Gasteiger partial charge >= 0.3 is 0 Å². The Hall–Kier alpha value is -2.95. The number of hydrogen-bond acceptors (Lipinski definition) is 8. The number of Topliss-reactive ketones (excluding diaryl/α,β-unsaturated/α-hetero) is 2. The van der Waals surface area contributed by atoms with Gasteiger partial charge < -0.3 is 19.6 Å². The molecule has 9 nitrogen and oxygen atoms in total. The molecule has 1 saturated heterocycles. The number of aliphatic hydroxyl groups excluding tert-OH is 1. The summed E-state index contributed by atoms with van der Waals surface area (Å²) in [5, 5.41) is 13.6. The quantitative estimate of drug-likeness (QED) is 0.133. The molecule has 0 bridgehead atoms. The molecule has 1 unspecified atom stereocenters. The smallest absolute Gasteiger partial charge is 0.226 e. The Morgan fingerprint density at radius 3 is 2.17 bits per heavy atom. The van der Waals surface area contributed by atoms with Crippen molar-refractivity contribution >= 4 is 34.7 Å². The fourth-order valence-corrected chi connectivity index (χ4v) is 8.81. The van der Waals surface area contributed by atoms with E-state index < -0.39 is 23.9 Å². The number of hydrogen-bond donors (Lipinski definition) is 1. The third-order valence-electron chi connectivity index (χ3n) is 12.2. The van der Waals surface area contributed by atoms with E-state index in [0.717, 1.165) is 23.4 Å². The van der Waals surface area contributed by atoms with E-state index in [-0.39, 0.29) is 84.5 Å². The summed E-state index contributed by atoms with van der Waals surface area (Å²) in [6.07, 6.45) is 4.73. The summed E-state index contributed by atoms with van der Waals surface area (Å²) in [6.45, 7) is 16.3. The van der Waals surface area contributed by atoms with Crippen molar-refractivity contribution in [3.63, 3.8) is 0 Å². The third-order valence-corrected chi connectivity index (χ3v) is 13.1. The van der Waals surface area contributed by atoms with Crippen molar-refractivity contribution in [2.45, 2.75) is 124 Å². The Morgan fingerprint density at radius 2 is 1.62 bits per heavy atom. The first-order valence-corrected chi connectivity index (χ1v) is 20.7. The molecular formula is C43H67N3O6S. The van der Waals surface area contributed by atoms with Crippen LogP contribution in [0.3, 0.4) is 0 Å². The number of thiazole rings is 1.